The van der Waals surface area contributed by atoms with E-state index in [9.17, 15) is 14.7 Å². The molecule has 0 bridgehead atoms. The van der Waals surface area contributed by atoms with Crippen LogP contribution in [-0.4, -0.2) is 26.7 Å². The Hall–Kier alpha value is -3.08. The molecule has 128 valence electrons. The molecule has 3 aromatic rings. The molecule has 1 heterocycles. The molecule has 1 aromatic heterocycles. The van der Waals surface area contributed by atoms with Crippen molar-refractivity contribution in [2.45, 2.75) is 26.3 Å². The molecule has 0 spiro atoms. The van der Waals surface area contributed by atoms with Gasteiger partial charge in [-0.15, -0.1) is 0 Å². The molecular formula is C20H19NO4. The van der Waals surface area contributed by atoms with Gasteiger partial charge in [0.2, 0.25) is 0 Å². The van der Waals surface area contributed by atoms with Crippen molar-refractivity contribution < 1.29 is 19.8 Å². The van der Waals surface area contributed by atoms with Crippen LogP contribution in [0, 0.1) is 6.92 Å². The van der Waals surface area contributed by atoms with Crippen LogP contribution in [0.5, 0.6) is 0 Å². The van der Waals surface area contributed by atoms with Gasteiger partial charge in [-0.05, 0) is 37.0 Å². The lowest BCUT2D eigenvalue weighted by Gasteiger charge is -2.07. The Morgan fingerprint density at radius 1 is 1.00 bits per heavy atom. The molecule has 0 aliphatic rings. The molecule has 0 aliphatic heterocycles. The van der Waals surface area contributed by atoms with Crippen LogP contribution in [0.4, 0.5) is 0 Å². The van der Waals surface area contributed by atoms with Crippen LogP contribution in [0.15, 0.2) is 48.7 Å². The molecule has 0 aliphatic carbocycles. The van der Waals surface area contributed by atoms with E-state index in [0.29, 0.717) is 17.3 Å². The predicted molar refractivity (Wildman–Crippen MR) is 95.1 cm³/mol. The Morgan fingerprint density at radius 3 is 2.36 bits per heavy atom. The number of hydrogen-bond acceptors (Lipinski definition) is 2. The molecule has 3 rings (SSSR count). The maximum atomic E-state index is 11.6. The highest BCUT2D eigenvalue weighted by Gasteiger charge is 2.18. The van der Waals surface area contributed by atoms with Crippen LogP contribution >= 0.6 is 0 Å². The molecule has 25 heavy (non-hydrogen) atoms. The molecule has 0 amide bonds. The Labute approximate surface area is 145 Å². The van der Waals surface area contributed by atoms with Gasteiger partial charge in [0.1, 0.15) is 6.54 Å². The smallest absolute Gasteiger partial charge is 0.337 e. The summed E-state index contributed by atoms with van der Waals surface area (Å²) in [5.41, 5.74) is 4.09. The van der Waals surface area contributed by atoms with E-state index >= 15 is 0 Å². The topological polar surface area (TPSA) is 79.5 Å². The molecule has 0 unspecified atom stereocenters. The van der Waals surface area contributed by atoms with Gasteiger partial charge in [0, 0.05) is 17.1 Å². The summed E-state index contributed by atoms with van der Waals surface area (Å²) in [6, 6.07) is 13.8. The summed E-state index contributed by atoms with van der Waals surface area (Å²) >= 11 is 0. The SMILES string of the molecule is Cc1ccc(CCc2cccc3c2c(C(=O)O)cn3CC(=O)O)cc1. The van der Waals surface area contributed by atoms with Crippen molar-refractivity contribution in [3.8, 4) is 0 Å². The summed E-state index contributed by atoms with van der Waals surface area (Å²) in [5, 5.41) is 19.2. The monoisotopic (exact) mass is 337 g/mol. The first-order valence-corrected chi connectivity index (χ1v) is 8.07. The Morgan fingerprint density at radius 2 is 1.72 bits per heavy atom. The maximum absolute atomic E-state index is 11.6. The average molecular weight is 337 g/mol. The zero-order valence-electron chi connectivity index (χ0n) is 13.9. The summed E-state index contributed by atoms with van der Waals surface area (Å²) in [6.45, 7) is 1.78. The van der Waals surface area contributed by atoms with Gasteiger partial charge in [0.25, 0.3) is 0 Å². The Balaban J connectivity index is 1.99. The highest BCUT2D eigenvalue weighted by molar-refractivity contribution is 6.05. The molecule has 0 atom stereocenters. The first-order chi connectivity index (χ1) is 12.0. The second-order valence-electron chi connectivity index (χ2n) is 6.17. The van der Waals surface area contributed by atoms with Crippen molar-refractivity contribution in [3.63, 3.8) is 0 Å². The standard InChI is InChI=1S/C20H19NO4/c1-13-5-7-14(8-6-13)9-10-15-3-2-4-17-19(15)16(20(24)25)11-21(17)12-18(22)23/h2-8,11H,9-10,12H2,1H3,(H,22,23)(H,24,25). The summed E-state index contributed by atoms with van der Waals surface area (Å²) in [7, 11) is 0. The van der Waals surface area contributed by atoms with Crippen molar-refractivity contribution in [2.24, 2.45) is 0 Å². The zero-order chi connectivity index (χ0) is 18.0. The fourth-order valence-corrected chi connectivity index (χ4v) is 3.11. The third kappa shape index (κ3) is 3.55. The lowest BCUT2D eigenvalue weighted by Crippen LogP contribution is -2.07. The zero-order valence-corrected chi connectivity index (χ0v) is 13.9. The van der Waals surface area contributed by atoms with Crippen LogP contribution in [0.25, 0.3) is 10.9 Å². The minimum atomic E-state index is -1.04. The number of carboxylic acids is 2. The van der Waals surface area contributed by atoms with E-state index in [4.69, 9.17) is 5.11 Å². The average Bonchev–Trinajstić information content (AvgIpc) is 2.93. The van der Waals surface area contributed by atoms with Gasteiger partial charge in [-0.3, -0.25) is 4.79 Å². The van der Waals surface area contributed by atoms with E-state index in [1.54, 1.807) is 6.07 Å². The van der Waals surface area contributed by atoms with Crippen LogP contribution < -0.4 is 0 Å². The molecule has 5 nitrogen and oxygen atoms in total. The minimum Gasteiger partial charge on any atom is -0.480 e. The predicted octanol–water partition coefficient (Wildman–Crippen LogP) is 3.52. The van der Waals surface area contributed by atoms with Crippen molar-refractivity contribution in [2.75, 3.05) is 0 Å². The van der Waals surface area contributed by atoms with Gasteiger partial charge < -0.3 is 14.8 Å². The second kappa shape index (κ2) is 6.81. The minimum absolute atomic E-state index is 0.149. The summed E-state index contributed by atoms with van der Waals surface area (Å²) in [5.74, 6) is -2.05. The van der Waals surface area contributed by atoms with Gasteiger partial charge in [-0.2, -0.15) is 0 Å². The number of carboxylic acid groups (broad SMARTS) is 2. The van der Waals surface area contributed by atoms with Gasteiger partial charge >= 0.3 is 11.9 Å². The number of aromatic carboxylic acids is 1. The van der Waals surface area contributed by atoms with Crippen LogP contribution in [0.1, 0.15) is 27.0 Å². The van der Waals surface area contributed by atoms with Crippen molar-refractivity contribution in [1.29, 1.82) is 0 Å². The van der Waals surface area contributed by atoms with E-state index in [2.05, 4.69) is 24.3 Å². The van der Waals surface area contributed by atoms with Crippen molar-refractivity contribution in [1.82, 2.24) is 4.57 Å². The number of aromatic nitrogens is 1. The molecule has 0 saturated heterocycles. The van der Waals surface area contributed by atoms with E-state index in [-0.39, 0.29) is 12.1 Å². The molecule has 5 heteroatoms. The number of aryl methyl sites for hydroxylation is 3. The van der Waals surface area contributed by atoms with E-state index in [1.807, 2.05) is 19.1 Å². The maximum Gasteiger partial charge on any atom is 0.337 e. The van der Waals surface area contributed by atoms with Gasteiger partial charge in [0.05, 0.1) is 5.56 Å². The number of nitrogens with zero attached hydrogens (tertiary/aromatic N) is 1. The molecule has 2 N–H and O–H groups in total. The van der Waals surface area contributed by atoms with Gasteiger partial charge in [-0.1, -0.05) is 42.0 Å². The van der Waals surface area contributed by atoms with E-state index in [0.717, 1.165) is 12.0 Å². The molecule has 2 aromatic carbocycles. The summed E-state index contributed by atoms with van der Waals surface area (Å²) in [4.78, 5) is 22.7. The van der Waals surface area contributed by atoms with Crippen LogP contribution in [0.3, 0.4) is 0 Å². The third-order valence-corrected chi connectivity index (χ3v) is 4.33. The van der Waals surface area contributed by atoms with Crippen molar-refractivity contribution in [3.05, 3.63) is 70.9 Å². The molecular weight excluding hydrogens is 318 g/mol. The second-order valence-corrected chi connectivity index (χ2v) is 6.17. The lowest BCUT2D eigenvalue weighted by atomic mass is 9.99. The molecule has 0 saturated carbocycles. The first-order valence-electron chi connectivity index (χ1n) is 8.07. The number of aliphatic carboxylic acids is 1. The quantitative estimate of drug-likeness (QED) is 0.721. The molecule has 0 fully saturated rings. The van der Waals surface area contributed by atoms with Gasteiger partial charge in [-0.25, -0.2) is 4.79 Å². The van der Waals surface area contributed by atoms with Gasteiger partial charge in [0.15, 0.2) is 0 Å². The summed E-state index contributed by atoms with van der Waals surface area (Å²) < 4.78 is 1.48. The number of benzene rings is 2. The first kappa shape index (κ1) is 16.8. The number of carbonyl (C=O) groups is 2. The largest absolute Gasteiger partial charge is 0.480 e. The molecule has 0 radical (unpaired) electrons. The number of rotatable bonds is 6. The fraction of sp³-hybridized carbons (Fsp3) is 0.200. The van der Waals surface area contributed by atoms with Crippen molar-refractivity contribution >= 4 is 22.8 Å². The lowest BCUT2D eigenvalue weighted by molar-refractivity contribution is -0.137. The normalized spacial score (nSPS) is 10.9. The highest BCUT2D eigenvalue weighted by atomic mass is 16.4. The Bertz CT molecular complexity index is 938. The van der Waals surface area contributed by atoms with Crippen LogP contribution in [0.2, 0.25) is 0 Å². The highest BCUT2D eigenvalue weighted by Crippen LogP contribution is 2.27. The fourth-order valence-electron chi connectivity index (χ4n) is 3.11. The van der Waals surface area contributed by atoms with E-state index < -0.39 is 11.9 Å². The van der Waals surface area contributed by atoms with E-state index in [1.165, 1.54) is 21.9 Å². The van der Waals surface area contributed by atoms with Crippen LogP contribution in [-0.2, 0) is 24.2 Å². The Kier molecular flexibility index (Phi) is 4.57. The third-order valence-electron chi connectivity index (χ3n) is 4.33. The number of fused-ring (bicyclic) bond motifs is 1. The number of hydrogen-bond donors (Lipinski definition) is 2. The summed E-state index contributed by atoms with van der Waals surface area (Å²) in [6.07, 6.45) is 2.90.